The monoisotopic (exact) mass is 275 g/mol. The van der Waals surface area contributed by atoms with Crippen molar-refractivity contribution in [2.75, 3.05) is 5.32 Å². The highest BCUT2D eigenvalue weighted by atomic mass is 32.1. The van der Waals surface area contributed by atoms with Crippen LogP contribution >= 0.6 is 12.2 Å². The van der Waals surface area contributed by atoms with E-state index in [1.165, 1.54) is 0 Å². The van der Waals surface area contributed by atoms with Crippen LogP contribution in [-0.4, -0.2) is 11.0 Å². The van der Waals surface area contributed by atoms with Crippen LogP contribution < -0.4 is 16.2 Å². The third kappa shape index (κ3) is 4.37. The number of thiocarbonyl (C=S) groups is 1. The normalized spacial score (nSPS) is 17.6. The van der Waals surface area contributed by atoms with Gasteiger partial charge in [-0.1, -0.05) is 30.4 Å². The molecular weight excluding hydrogens is 258 g/mol. The first kappa shape index (κ1) is 13.5. The van der Waals surface area contributed by atoms with E-state index in [0.29, 0.717) is 5.11 Å². The molecule has 3 N–H and O–H groups in total. The van der Waals surface area contributed by atoms with Crippen LogP contribution in [0.15, 0.2) is 42.5 Å². The molecule has 0 aliphatic heterocycles. The molecule has 1 aliphatic carbocycles. The molecule has 1 aliphatic rings. The fourth-order valence-electron chi connectivity index (χ4n) is 1.94. The Bertz CT molecular complexity index is 473. The van der Waals surface area contributed by atoms with Crippen molar-refractivity contribution in [1.29, 1.82) is 0 Å². The summed E-state index contributed by atoms with van der Waals surface area (Å²) >= 11 is 5.10. The van der Waals surface area contributed by atoms with Crippen molar-refractivity contribution in [3.8, 4) is 0 Å². The second kappa shape index (κ2) is 6.89. The molecule has 0 fully saturated rings. The van der Waals surface area contributed by atoms with Gasteiger partial charge in [-0.25, -0.2) is 0 Å². The van der Waals surface area contributed by atoms with Gasteiger partial charge in [-0.2, -0.15) is 0 Å². The Morgan fingerprint density at radius 1 is 1.16 bits per heavy atom. The molecule has 2 rings (SSSR count). The summed E-state index contributed by atoms with van der Waals surface area (Å²) in [5.41, 5.74) is 6.25. The average molecular weight is 275 g/mol. The summed E-state index contributed by atoms with van der Waals surface area (Å²) in [6, 6.07) is 9.57. The van der Waals surface area contributed by atoms with Crippen LogP contribution in [0.5, 0.6) is 0 Å². The molecule has 0 saturated carbocycles. The van der Waals surface area contributed by atoms with E-state index < -0.39 is 0 Å². The molecule has 1 atom stereocenters. The van der Waals surface area contributed by atoms with Gasteiger partial charge in [0.05, 0.1) is 0 Å². The zero-order valence-electron chi connectivity index (χ0n) is 10.6. The Morgan fingerprint density at radius 2 is 1.95 bits per heavy atom. The number of allylic oxidation sites excluding steroid dienone is 2. The number of nitrogens with one attached hydrogen (secondary N) is 3. The lowest BCUT2D eigenvalue weighted by molar-refractivity contribution is -0.125. The van der Waals surface area contributed by atoms with Crippen molar-refractivity contribution >= 4 is 28.9 Å². The first-order valence-electron chi connectivity index (χ1n) is 6.32. The Balaban J connectivity index is 1.74. The first-order valence-corrected chi connectivity index (χ1v) is 6.73. The molecule has 0 aromatic heterocycles. The van der Waals surface area contributed by atoms with Crippen molar-refractivity contribution < 1.29 is 4.79 Å². The molecule has 1 aromatic carbocycles. The average Bonchev–Trinajstić information content (AvgIpc) is 2.47. The highest BCUT2D eigenvalue weighted by molar-refractivity contribution is 7.80. The molecule has 0 radical (unpaired) electrons. The smallest absolute Gasteiger partial charge is 0.241 e. The van der Waals surface area contributed by atoms with E-state index in [-0.39, 0.29) is 11.8 Å². The summed E-state index contributed by atoms with van der Waals surface area (Å²) in [5.74, 6) is 0.0265. The van der Waals surface area contributed by atoms with Crippen molar-refractivity contribution in [1.82, 2.24) is 10.9 Å². The van der Waals surface area contributed by atoms with E-state index in [1.54, 1.807) is 0 Å². The standard InChI is InChI=1S/C14H17N3OS/c18-13(11-7-3-1-4-8-11)16-17-14(19)15-12-9-5-2-6-10-12/h1-3,5-6,9-11H,4,7-8H2,(H,16,18)(H2,15,17,19)/t11-/m1/s1. The minimum atomic E-state index is -0.0124. The molecule has 100 valence electrons. The molecule has 0 bridgehead atoms. The maximum absolute atomic E-state index is 11.9. The van der Waals surface area contributed by atoms with Gasteiger partial charge in [0.1, 0.15) is 0 Å². The zero-order valence-corrected chi connectivity index (χ0v) is 11.4. The van der Waals surface area contributed by atoms with Crippen LogP contribution in [-0.2, 0) is 4.79 Å². The fraction of sp³-hybridized carbons (Fsp3) is 0.286. The lowest BCUT2D eigenvalue weighted by Gasteiger charge is -2.18. The molecule has 0 unspecified atom stereocenters. The highest BCUT2D eigenvalue weighted by Gasteiger charge is 2.18. The topological polar surface area (TPSA) is 53.2 Å². The molecular formula is C14H17N3OS. The zero-order chi connectivity index (χ0) is 13.5. The van der Waals surface area contributed by atoms with E-state index in [0.717, 1.165) is 24.9 Å². The number of amides is 1. The highest BCUT2D eigenvalue weighted by Crippen LogP contribution is 2.17. The summed E-state index contributed by atoms with van der Waals surface area (Å²) in [5, 5.41) is 3.37. The summed E-state index contributed by atoms with van der Waals surface area (Å²) in [4.78, 5) is 11.9. The minimum Gasteiger partial charge on any atom is -0.331 e. The minimum absolute atomic E-state index is 0.0124. The molecule has 19 heavy (non-hydrogen) atoms. The van der Waals surface area contributed by atoms with Crippen LogP contribution in [0.25, 0.3) is 0 Å². The number of rotatable bonds is 2. The Hall–Kier alpha value is -1.88. The number of anilines is 1. The number of carbonyl (C=O) groups is 1. The Kier molecular flexibility index (Phi) is 4.92. The number of hydrazine groups is 1. The maximum atomic E-state index is 11.9. The van der Waals surface area contributed by atoms with Gasteiger partial charge < -0.3 is 5.32 Å². The molecule has 5 heteroatoms. The lowest BCUT2D eigenvalue weighted by atomic mass is 9.94. The van der Waals surface area contributed by atoms with Crippen LogP contribution in [0, 0.1) is 5.92 Å². The second-order valence-electron chi connectivity index (χ2n) is 4.42. The summed E-state index contributed by atoms with van der Waals surface area (Å²) in [6.07, 6.45) is 6.81. The SMILES string of the molecule is O=C(NNC(=S)Nc1ccccc1)[C@@H]1CC=CCC1. The van der Waals surface area contributed by atoms with Gasteiger partial charge in [0.25, 0.3) is 0 Å². The van der Waals surface area contributed by atoms with Crippen molar-refractivity contribution in [3.05, 3.63) is 42.5 Å². The molecule has 0 saturated heterocycles. The Labute approximate surface area is 118 Å². The predicted molar refractivity (Wildman–Crippen MR) is 80.4 cm³/mol. The number of hydrogen-bond acceptors (Lipinski definition) is 2. The fourth-order valence-corrected chi connectivity index (χ4v) is 2.10. The quantitative estimate of drug-likeness (QED) is 0.440. The third-order valence-electron chi connectivity index (χ3n) is 2.97. The van der Waals surface area contributed by atoms with Gasteiger partial charge in [0.2, 0.25) is 5.91 Å². The van der Waals surface area contributed by atoms with E-state index in [4.69, 9.17) is 12.2 Å². The number of carbonyl (C=O) groups excluding carboxylic acids is 1. The number of benzene rings is 1. The molecule has 1 aromatic rings. The summed E-state index contributed by atoms with van der Waals surface area (Å²) < 4.78 is 0. The Morgan fingerprint density at radius 3 is 2.63 bits per heavy atom. The predicted octanol–water partition coefficient (Wildman–Crippen LogP) is 2.36. The van der Waals surface area contributed by atoms with Gasteiger partial charge in [-0.05, 0) is 43.6 Å². The van der Waals surface area contributed by atoms with E-state index in [2.05, 4.69) is 22.2 Å². The molecule has 1 amide bonds. The van der Waals surface area contributed by atoms with Crippen LogP contribution in [0.4, 0.5) is 5.69 Å². The van der Waals surface area contributed by atoms with Crippen LogP contribution in [0.3, 0.4) is 0 Å². The van der Waals surface area contributed by atoms with Crippen LogP contribution in [0.1, 0.15) is 19.3 Å². The van der Waals surface area contributed by atoms with E-state index >= 15 is 0 Å². The first-order chi connectivity index (χ1) is 9.25. The van der Waals surface area contributed by atoms with Crippen molar-refractivity contribution in [2.24, 2.45) is 5.92 Å². The van der Waals surface area contributed by atoms with Crippen molar-refractivity contribution in [3.63, 3.8) is 0 Å². The third-order valence-corrected chi connectivity index (χ3v) is 3.17. The van der Waals surface area contributed by atoms with Crippen LogP contribution in [0.2, 0.25) is 0 Å². The molecule has 0 spiro atoms. The summed E-state index contributed by atoms with van der Waals surface area (Å²) in [6.45, 7) is 0. The van der Waals surface area contributed by atoms with Gasteiger partial charge >= 0.3 is 0 Å². The largest absolute Gasteiger partial charge is 0.331 e. The number of para-hydroxylation sites is 1. The van der Waals surface area contributed by atoms with Gasteiger partial charge in [0, 0.05) is 11.6 Å². The lowest BCUT2D eigenvalue weighted by Crippen LogP contribution is -2.46. The van der Waals surface area contributed by atoms with Crippen molar-refractivity contribution in [2.45, 2.75) is 19.3 Å². The van der Waals surface area contributed by atoms with Gasteiger partial charge in [0.15, 0.2) is 5.11 Å². The number of hydrogen-bond donors (Lipinski definition) is 3. The molecule has 0 heterocycles. The summed E-state index contributed by atoms with van der Waals surface area (Å²) in [7, 11) is 0. The van der Waals surface area contributed by atoms with E-state index in [1.807, 2.05) is 36.4 Å². The van der Waals surface area contributed by atoms with Gasteiger partial charge in [-0.15, -0.1) is 0 Å². The van der Waals surface area contributed by atoms with Gasteiger partial charge in [-0.3, -0.25) is 15.6 Å². The van der Waals surface area contributed by atoms with E-state index in [9.17, 15) is 4.79 Å². The second-order valence-corrected chi connectivity index (χ2v) is 4.82. The molecule has 4 nitrogen and oxygen atoms in total. The maximum Gasteiger partial charge on any atom is 0.241 e.